The first-order valence-electron chi connectivity index (χ1n) is 8.42. The van der Waals surface area contributed by atoms with E-state index in [1.807, 2.05) is 6.07 Å². The fourth-order valence-corrected chi connectivity index (χ4v) is 2.75. The Morgan fingerprint density at radius 1 is 1.39 bits per heavy atom. The lowest BCUT2D eigenvalue weighted by Gasteiger charge is -2.29. The Labute approximate surface area is 137 Å². The summed E-state index contributed by atoms with van der Waals surface area (Å²) in [6.07, 6.45) is 4.71. The van der Waals surface area contributed by atoms with Crippen molar-refractivity contribution in [3.05, 3.63) is 24.2 Å². The molecule has 3 unspecified atom stereocenters. The van der Waals surface area contributed by atoms with Gasteiger partial charge in [0.1, 0.15) is 11.8 Å². The van der Waals surface area contributed by atoms with Gasteiger partial charge in [0.2, 0.25) is 0 Å². The second kappa shape index (κ2) is 8.93. The molecule has 23 heavy (non-hydrogen) atoms. The Balaban J connectivity index is 1.87. The summed E-state index contributed by atoms with van der Waals surface area (Å²) in [7, 11) is 0. The van der Waals surface area contributed by atoms with E-state index in [1.54, 1.807) is 12.3 Å². The first-order chi connectivity index (χ1) is 11.1. The molecule has 0 aromatic carbocycles. The number of amides is 2. The zero-order valence-corrected chi connectivity index (χ0v) is 14.0. The average molecular weight is 324 g/mol. The third-order valence-corrected chi connectivity index (χ3v) is 3.97. The summed E-state index contributed by atoms with van der Waals surface area (Å²) in [5, 5.41) is 15.7. The lowest BCUT2D eigenvalue weighted by atomic mass is 9.93. The van der Waals surface area contributed by atoms with E-state index in [9.17, 15) is 9.90 Å². The quantitative estimate of drug-likeness (QED) is 0.720. The van der Waals surface area contributed by atoms with Crippen molar-refractivity contribution in [2.45, 2.75) is 57.7 Å². The van der Waals surface area contributed by atoms with Crippen LogP contribution in [0.3, 0.4) is 0 Å². The van der Waals surface area contributed by atoms with Crippen LogP contribution in [0, 0.1) is 5.92 Å². The third kappa shape index (κ3) is 5.88. The molecular formula is C17H28N2O4. The largest absolute Gasteiger partial charge is 0.467 e. The van der Waals surface area contributed by atoms with Gasteiger partial charge in [-0.3, -0.25) is 0 Å². The molecule has 1 aliphatic carbocycles. The molecule has 0 aliphatic heterocycles. The molecule has 2 rings (SSSR count). The van der Waals surface area contributed by atoms with Crippen LogP contribution in [0.2, 0.25) is 0 Å². The smallest absolute Gasteiger partial charge is 0.315 e. The van der Waals surface area contributed by atoms with Gasteiger partial charge in [0.25, 0.3) is 0 Å². The fraction of sp³-hybridized carbons (Fsp3) is 0.706. The minimum atomic E-state index is -0.464. The van der Waals surface area contributed by atoms with Crippen molar-refractivity contribution in [3.63, 3.8) is 0 Å². The maximum atomic E-state index is 12.2. The Kier molecular flexibility index (Phi) is 6.92. The van der Waals surface area contributed by atoms with E-state index >= 15 is 0 Å². The number of furan rings is 1. The van der Waals surface area contributed by atoms with E-state index in [4.69, 9.17) is 9.15 Å². The van der Waals surface area contributed by atoms with Crippen molar-refractivity contribution >= 4 is 6.03 Å². The molecule has 0 bridgehead atoms. The molecule has 3 atom stereocenters. The average Bonchev–Trinajstić information content (AvgIpc) is 3.02. The Morgan fingerprint density at radius 3 is 2.83 bits per heavy atom. The van der Waals surface area contributed by atoms with E-state index in [1.165, 1.54) is 0 Å². The molecule has 0 spiro atoms. The van der Waals surface area contributed by atoms with Crippen LogP contribution in [0.25, 0.3) is 0 Å². The van der Waals surface area contributed by atoms with Gasteiger partial charge in [-0.15, -0.1) is 0 Å². The molecule has 6 nitrogen and oxygen atoms in total. The standard InChI is InChI=1S/C17H28N2O4/c1-12(2)10-22-11-14(16-8-5-9-23-16)19-17(21)18-13-6-3-4-7-15(13)20/h5,8-9,12-15,20H,3-4,6-7,10-11H2,1-2H3,(H2,18,19,21). The lowest BCUT2D eigenvalue weighted by Crippen LogP contribution is -2.50. The number of urea groups is 1. The van der Waals surface area contributed by atoms with E-state index < -0.39 is 6.10 Å². The van der Waals surface area contributed by atoms with Crippen LogP contribution in [-0.2, 0) is 4.74 Å². The van der Waals surface area contributed by atoms with Gasteiger partial charge in [0, 0.05) is 6.61 Å². The molecule has 6 heteroatoms. The normalized spacial score (nSPS) is 22.8. The van der Waals surface area contributed by atoms with Crippen molar-refractivity contribution in [1.29, 1.82) is 0 Å². The van der Waals surface area contributed by atoms with Crippen molar-refractivity contribution < 1.29 is 19.1 Å². The van der Waals surface area contributed by atoms with Crippen molar-refractivity contribution in [1.82, 2.24) is 10.6 Å². The van der Waals surface area contributed by atoms with Crippen LogP contribution in [0.1, 0.15) is 51.3 Å². The van der Waals surface area contributed by atoms with Gasteiger partial charge in [-0.05, 0) is 30.9 Å². The lowest BCUT2D eigenvalue weighted by molar-refractivity contribution is 0.0819. The molecule has 1 aromatic rings. The molecule has 0 radical (unpaired) electrons. The molecule has 1 fully saturated rings. The molecule has 1 aliphatic rings. The SMILES string of the molecule is CC(C)COCC(NC(=O)NC1CCCCC1O)c1ccco1. The number of aliphatic hydroxyl groups excluding tert-OH is 1. The molecule has 130 valence electrons. The van der Waals surface area contributed by atoms with Gasteiger partial charge in [0.05, 0.1) is 25.0 Å². The van der Waals surface area contributed by atoms with Gasteiger partial charge >= 0.3 is 6.03 Å². The molecule has 0 saturated heterocycles. The number of rotatable bonds is 7. The maximum Gasteiger partial charge on any atom is 0.315 e. The summed E-state index contributed by atoms with van der Waals surface area (Å²) < 4.78 is 11.0. The number of ether oxygens (including phenoxy) is 1. The van der Waals surface area contributed by atoms with Gasteiger partial charge in [-0.2, -0.15) is 0 Å². The van der Waals surface area contributed by atoms with E-state index in [2.05, 4.69) is 24.5 Å². The number of carbonyl (C=O) groups excluding carboxylic acids is 1. The Bertz CT molecular complexity index is 461. The van der Waals surface area contributed by atoms with Crippen molar-refractivity contribution in [3.8, 4) is 0 Å². The fourth-order valence-electron chi connectivity index (χ4n) is 2.75. The highest BCUT2D eigenvalue weighted by Gasteiger charge is 2.26. The number of carbonyl (C=O) groups is 1. The number of hydrogen-bond donors (Lipinski definition) is 3. The Hall–Kier alpha value is -1.53. The van der Waals surface area contributed by atoms with Crippen LogP contribution in [0.5, 0.6) is 0 Å². The summed E-state index contributed by atoms with van der Waals surface area (Å²) in [5.41, 5.74) is 0. The minimum absolute atomic E-state index is 0.183. The maximum absolute atomic E-state index is 12.2. The van der Waals surface area contributed by atoms with Gasteiger partial charge in [-0.25, -0.2) is 4.79 Å². The van der Waals surface area contributed by atoms with Gasteiger partial charge < -0.3 is 24.9 Å². The second-order valence-corrected chi connectivity index (χ2v) is 6.58. The summed E-state index contributed by atoms with van der Waals surface area (Å²) in [6.45, 7) is 5.13. The minimum Gasteiger partial charge on any atom is -0.467 e. The summed E-state index contributed by atoms with van der Waals surface area (Å²) in [4.78, 5) is 12.2. The highest BCUT2D eigenvalue weighted by Crippen LogP contribution is 2.19. The predicted molar refractivity (Wildman–Crippen MR) is 87.0 cm³/mol. The second-order valence-electron chi connectivity index (χ2n) is 6.58. The van der Waals surface area contributed by atoms with Crippen molar-refractivity contribution in [2.24, 2.45) is 5.92 Å². The molecular weight excluding hydrogens is 296 g/mol. The summed E-state index contributed by atoms with van der Waals surface area (Å²) in [5.74, 6) is 1.09. The first kappa shape index (κ1) is 17.8. The zero-order valence-electron chi connectivity index (χ0n) is 14.0. The van der Waals surface area contributed by atoms with E-state index in [0.717, 1.165) is 25.7 Å². The molecule has 2 amide bonds. The van der Waals surface area contributed by atoms with Crippen LogP contribution in [0.4, 0.5) is 4.79 Å². The number of nitrogens with one attached hydrogen (secondary N) is 2. The number of aliphatic hydroxyl groups is 1. The van der Waals surface area contributed by atoms with Crippen LogP contribution < -0.4 is 10.6 Å². The van der Waals surface area contributed by atoms with E-state index in [-0.39, 0.29) is 18.1 Å². The monoisotopic (exact) mass is 324 g/mol. The highest BCUT2D eigenvalue weighted by molar-refractivity contribution is 5.74. The Morgan fingerprint density at radius 2 is 2.17 bits per heavy atom. The zero-order chi connectivity index (χ0) is 16.7. The summed E-state index contributed by atoms with van der Waals surface area (Å²) >= 11 is 0. The highest BCUT2D eigenvalue weighted by atomic mass is 16.5. The molecule has 1 saturated carbocycles. The summed E-state index contributed by atoms with van der Waals surface area (Å²) in [6, 6.07) is 2.78. The topological polar surface area (TPSA) is 83.7 Å². The van der Waals surface area contributed by atoms with Crippen LogP contribution in [-0.4, -0.2) is 36.5 Å². The van der Waals surface area contributed by atoms with E-state index in [0.29, 0.717) is 24.9 Å². The number of hydrogen-bond acceptors (Lipinski definition) is 4. The van der Waals surface area contributed by atoms with Crippen molar-refractivity contribution in [2.75, 3.05) is 13.2 Å². The molecule has 3 N–H and O–H groups in total. The third-order valence-electron chi connectivity index (χ3n) is 3.97. The van der Waals surface area contributed by atoms with Gasteiger partial charge in [-0.1, -0.05) is 26.7 Å². The molecule has 1 heterocycles. The van der Waals surface area contributed by atoms with Crippen LogP contribution >= 0.6 is 0 Å². The molecule has 1 aromatic heterocycles. The van der Waals surface area contributed by atoms with Gasteiger partial charge in [0.15, 0.2) is 0 Å². The van der Waals surface area contributed by atoms with Crippen LogP contribution in [0.15, 0.2) is 22.8 Å². The predicted octanol–water partition coefficient (Wildman–Crippen LogP) is 2.60. The first-order valence-corrected chi connectivity index (χ1v) is 8.42.